The van der Waals surface area contributed by atoms with Crippen LogP contribution in [0.1, 0.15) is 12.5 Å². The number of nitrogens with zero attached hydrogens (tertiary/aromatic N) is 2. The van der Waals surface area contributed by atoms with Crippen molar-refractivity contribution in [3.05, 3.63) is 59.9 Å². The van der Waals surface area contributed by atoms with Crippen LogP contribution in [-0.4, -0.2) is 50.1 Å². The third-order valence-corrected chi connectivity index (χ3v) is 5.08. The molecule has 0 bridgehead atoms. The highest BCUT2D eigenvalue weighted by molar-refractivity contribution is 5.81. The molecule has 5 nitrogen and oxygen atoms in total. The number of benzene rings is 2. The molecule has 1 amide bonds. The fourth-order valence-corrected chi connectivity index (χ4v) is 3.36. The van der Waals surface area contributed by atoms with Crippen molar-refractivity contribution >= 4 is 11.6 Å². The van der Waals surface area contributed by atoms with Crippen molar-refractivity contribution in [3.63, 3.8) is 0 Å². The van der Waals surface area contributed by atoms with E-state index in [2.05, 4.69) is 15.1 Å². The van der Waals surface area contributed by atoms with Crippen molar-refractivity contribution in [1.82, 2.24) is 10.2 Å². The molecule has 1 aliphatic rings. The van der Waals surface area contributed by atoms with Gasteiger partial charge in [-0.3, -0.25) is 9.69 Å². The van der Waals surface area contributed by atoms with Gasteiger partial charge in [0.25, 0.3) is 0 Å². The molecule has 1 N–H and O–H groups in total. The second kappa shape index (κ2) is 8.86. The van der Waals surface area contributed by atoms with Gasteiger partial charge in [0.15, 0.2) is 0 Å². The molecular formula is C21H26FN3O2. The van der Waals surface area contributed by atoms with E-state index < -0.39 is 0 Å². The number of hydrogen-bond acceptors (Lipinski definition) is 4. The minimum atomic E-state index is -0.224. The number of para-hydroxylation sites is 1. The summed E-state index contributed by atoms with van der Waals surface area (Å²) in [5, 5.41) is 3.00. The molecule has 1 atom stereocenters. The molecule has 27 heavy (non-hydrogen) atoms. The first-order valence-electron chi connectivity index (χ1n) is 9.22. The largest absolute Gasteiger partial charge is 0.496 e. The molecule has 0 radical (unpaired) electrons. The number of hydrogen-bond donors (Lipinski definition) is 1. The number of amides is 1. The topological polar surface area (TPSA) is 44.8 Å². The van der Waals surface area contributed by atoms with Crippen molar-refractivity contribution in [2.75, 3.05) is 38.2 Å². The summed E-state index contributed by atoms with van der Waals surface area (Å²) in [7, 11) is 1.63. The highest BCUT2D eigenvalue weighted by Gasteiger charge is 2.25. The van der Waals surface area contributed by atoms with Crippen LogP contribution in [0.15, 0.2) is 48.5 Å². The number of piperazine rings is 1. The third kappa shape index (κ3) is 4.77. The van der Waals surface area contributed by atoms with Crippen LogP contribution in [0.3, 0.4) is 0 Å². The molecule has 2 aromatic rings. The van der Waals surface area contributed by atoms with Crippen LogP contribution in [0.5, 0.6) is 5.75 Å². The maximum absolute atomic E-state index is 13.1. The fraction of sp³-hybridized carbons (Fsp3) is 0.381. The zero-order valence-corrected chi connectivity index (χ0v) is 15.8. The first-order valence-corrected chi connectivity index (χ1v) is 9.22. The molecule has 1 fully saturated rings. The summed E-state index contributed by atoms with van der Waals surface area (Å²) in [6, 6.07) is 14.0. The normalized spacial score (nSPS) is 16.0. The summed E-state index contributed by atoms with van der Waals surface area (Å²) in [6.07, 6.45) is 0. The van der Waals surface area contributed by atoms with Crippen molar-refractivity contribution in [1.29, 1.82) is 0 Å². The Morgan fingerprint density at radius 1 is 1.11 bits per heavy atom. The predicted octanol–water partition coefficient (Wildman–Crippen LogP) is 2.66. The average Bonchev–Trinajstić information content (AvgIpc) is 2.72. The Kier molecular flexibility index (Phi) is 6.29. The number of methoxy groups -OCH3 is 1. The van der Waals surface area contributed by atoms with E-state index in [4.69, 9.17) is 4.74 Å². The quantitative estimate of drug-likeness (QED) is 0.848. The Hall–Kier alpha value is -2.60. The molecule has 3 rings (SSSR count). The van der Waals surface area contributed by atoms with Gasteiger partial charge in [0.2, 0.25) is 5.91 Å². The van der Waals surface area contributed by atoms with E-state index >= 15 is 0 Å². The molecule has 6 heteroatoms. The zero-order valence-electron chi connectivity index (χ0n) is 15.8. The number of anilines is 1. The Labute approximate surface area is 159 Å². The molecule has 1 aliphatic heterocycles. The monoisotopic (exact) mass is 371 g/mol. The molecule has 1 heterocycles. The van der Waals surface area contributed by atoms with Crippen molar-refractivity contribution < 1.29 is 13.9 Å². The fourth-order valence-electron chi connectivity index (χ4n) is 3.36. The number of halogens is 1. The molecule has 144 valence electrons. The lowest BCUT2D eigenvalue weighted by atomic mass is 10.1. The smallest absolute Gasteiger partial charge is 0.237 e. The molecule has 0 spiro atoms. The van der Waals surface area contributed by atoms with Gasteiger partial charge in [-0.1, -0.05) is 18.2 Å². The maximum atomic E-state index is 13.1. The average molecular weight is 371 g/mol. The minimum Gasteiger partial charge on any atom is -0.496 e. The van der Waals surface area contributed by atoms with Gasteiger partial charge in [0, 0.05) is 44.0 Å². The van der Waals surface area contributed by atoms with Crippen molar-refractivity contribution in [2.24, 2.45) is 0 Å². The third-order valence-electron chi connectivity index (χ3n) is 5.08. The van der Waals surface area contributed by atoms with Gasteiger partial charge in [-0.05, 0) is 37.3 Å². The van der Waals surface area contributed by atoms with Crippen molar-refractivity contribution in [3.8, 4) is 5.75 Å². The van der Waals surface area contributed by atoms with E-state index in [9.17, 15) is 9.18 Å². The summed E-state index contributed by atoms with van der Waals surface area (Å²) in [5.74, 6) is 0.562. The standard InChI is InChI=1S/C21H26FN3O2/c1-16(21(26)23-15-17-5-3-4-6-20(17)27-2)24-11-13-25(14-12-24)19-9-7-18(22)8-10-19/h3-10,16H,11-15H2,1-2H3,(H,23,26). The lowest BCUT2D eigenvalue weighted by Gasteiger charge is -2.38. The molecule has 0 aromatic heterocycles. The van der Waals surface area contributed by atoms with E-state index in [1.54, 1.807) is 19.2 Å². The zero-order chi connectivity index (χ0) is 19.2. The van der Waals surface area contributed by atoms with Gasteiger partial charge in [-0.25, -0.2) is 4.39 Å². The van der Waals surface area contributed by atoms with E-state index in [0.29, 0.717) is 6.54 Å². The SMILES string of the molecule is COc1ccccc1CNC(=O)C(C)N1CCN(c2ccc(F)cc2)CC1. The first-order chi connectivity index (χ1) is 13.1. The van der Waals surface area contributed by atoms with Gasteiger partial charge in [0.1, 0.15) is 11.6 Å². The highest BCUT2D eigenvalue weighted by Crippen LogP contribution is 2.19. The van der Waals surface area contributed by atoms with Crippen LogP contribution in [0.2, 0.25) is 0 Å². The lowest BCUT2D eigenvalue weighted by Crippen LogP contribution is -2.53. The highest BCUT2D eigenvalue weighted by atomic mass is 19.1. The number of carbonyl (C=O) groups excluding carboxylic acids is 1. The second-order valence-corrected chi connectivity index (χ2v) is 6.71. The van der Waals surface area contributed by atoms with E-state index in [0.717, 1.165) is 43.2 Å². The van der Waals surface area contributed by atoms with Gasteiger partial charge < -0.3 is 15.0 Å². The van der Waals surface area contributed by atoms with E-state index in [1.165, 1.54) is 12.1 Å². The maximum Gasteiger partial charge on any atom is 0.237 e. The number of nitrogens with one attached hydrogen (secondary N) is 1. The molecular weight excluding hydrogens is 345 g/mol. The molecule has 2 aromatic carbocycles. The number of carbonyl (C=O) groups is 1. The summed E-state index contributed by atoms with van der Waals surface area (Å²) in [6.45, 7) is 5.60. The summed E-state index contributed by atoms with van der Waals surface area (Å²) >= 11 is 0. The lowest BCUT2D eigenvalue weighted by molar-refractivity contribution is -0.126. The second-order valence-electron chi connectivity index (χ2n) is 6.71. The van der Waals surface area contributed by atoms with Gasteiger partial charge in [-0.2, -0.15) is 0 Å². The number of rotatable bonds is 6. The van der Waals surface area contributed by atoms with Crippen LogP contribution in [0.4, 0.5) is 10.1 Å². The Balaban J connectivity index is 1.50. The summed E-state index contributed by atoms with van der Waals surface area (Å²) < 4.78 is 18.4. The molecule has 1 unspecified atom stereocenters. The summed E-state index contributed by atoms with van der Waals surface area (Å²) in [5.41, 5.74) is 1.98. The van der Waals surface area contributed by atoms with E-state index in [-0.39, 0.29) is 17.8 Å². The van der Waals surface area contributed by atoms with Crippen LogP contribution in [-0.2, 0) is 11.3 Å². The predicted molar refractivity (Wildman–Crippen MR) is 104 cm³/mol. The molecule has 0 saturated carbocycles. The number of ether oxygens (including phenoxy) is 1. The van der Waals surface area contributed by atoms with Crippen LogP contribution < -0.4 is 15.0 Å². The molecule has 1 saturated heterocycles. The molecule has 0 aliphatic carbocycles. The Bertz CT molecular complexity index is 758. The Morgan fingerprint density at radius 2 is 1.78 bits per heavy atom. The van der Waals surface area contributed by atoms with Gasteiger partial charge in [0.05, 0.1) is 13.2 Å². The summed E-state index contributed by atoms with van der Waals surface area (Å²) in [4.78, 5) is 17.0. The van der Waals surface area contributed by atoms with Gasteiger partial charge in [-0.15, -0.1) is 0 Å². The van der Waals surface area contributed by atoms with Crippen LogP contribution in [0.25, 0.3) is 0 Å². The Morgan fingerprint density at radius 3 is 2.44 bits per heavy atom. The van der Waals surface area contributed by atoms with E-state index in [1.807, 2.05) is 31.2 Å². The minimum absolute atomic E-state index is 0.0103. The van der Waals surface area contributed by atoms with Crippen molar-refractivity contribution in [2.45, 2.75) is 19.5 Å². The first kappa shape index (κ1) is 19.2. The van der Waals surface area contributed by atoms with Gasteiger partial charge >= 0.3 is 0 Å². The van der Waals surface area contributed by atoms with Crippen LogP contribution in [0, 0.1) is 5.82 Å². The van der Waals surface area contributed by atoms with Crippen LogP contribution >= 0.6 is 0 Å².